The lowest BCUT2D eigenvalue weighted by atomic mass is 10.1. The van der Waals surface area contributed by atoms with Crippen LogP contribution < -0.4 is 9.64 Å². The average Bonchev–Trinajstić information content (AvgIpc) is 2.64. The molecule has 2 aromatic carbocycles. The Hall–Kier alpha value is -2.92. The van der Waals surface area contributed by atoms with E-state index in [9.17, 15) is 9.18 Å². The molecule has 0 aliphatic rings. The minimum Gasteiger partial charge on any atom is -0.455 e. The Morgan fingerprint density at radius 1 is 1.19 bits per heavy atom. The molecule has 0 bridgehead atoms. The molecule has 6 heteroatoms. The third-order valence-electron chi connectivity index (χ3n) is 3.92. The number of aromatic nitrogens is 1. The summed E-state index contributed by atoms with van der Waals surface area (Å²) in [6.07, 6.45) is 2.96. The van der Waals surface area contributed by atoms with Crippen molar-refractivity contribution in [2.45, 2.75) is 6.92 Å². The molecule has 132 valence electrons. The highest BCUT2D eigenvalue weighted by Crippen LogP contribution is 2.29. The molecule has 0 saturated heterocycles. The van der Waals surface area contributed by atoms with Gasteiger partial charge in [-0.25, -0.2) is 4.39 Å². The largest absolute Gasteiger partial charge is 0.455 e. The summed E-state index contributed by atoms with van der Waals surface area (Å²) < 4.78 is 19.0. The molecule has 1 aromatic heterocycles. The zero-order valence-corrected chi connectivity index (χ0v) is 15.0. The first-order chi connectivity index (χ1) is 12.5. The van der Waals surface area contributed by atoms with Crippen molar-refractivity contribution in [3.05, 3.63) is 82.9 Å². The third kappa shape index (κ3) is 3.68. The van der Waals surface area contributed by atoms with Crippen LogP contribution in [0.5, 0.6) is 11.5 Å². The van der Waals surface area contributed by atoms with E-state index >= 15 is 0 Å². The number of ether oxygens (including phenoxy) is 1. The second-order valence-electron chi connectivity index (χ2n) is 5.70. The fourth-order valence-corrected chi connectivity index (χ4v) is 2.71. The zero-order chi connectivity index (χ0) is 18.7. The molecular weight excluding hydrogens is 355 g/mol. The fraction of sp³-hybridized carbons (Fsp3) is 0.100. The van der Waals surface area contributed by atoms with E-state index in [-0.39, 0.29) is 16.7 Å². The lowest BCUT2D eigenvalue weighted by Crippen LogP contribution is -2.27. The van der Waals surface area contributed by atoms with Gasteiger partial charge in [0.1, 0.15) is 11.6 Å². The molecule has 0 spiro atoms. The average molecular weight is 371 g/mol. The number of hydrogen-bond acceptors (Lipinski definition) is 3. The van der Waals surface area contributed by atoms with E-state index in [1.807, 2.05) is 31.2 Å². The Balaban J connectivity index is 1.92. The van der Waals surface area contributed by atoms with Crippen LogP contribution in [0.4, 0.5) is 10.1 Å². The first kappa shape index (κ1) is 17.9. The van der Waals surface area contributed by atoms with Gasteiger partial charge in [0, 0.05) is 25.0 Å². The van der Waals surface area contributed by atoms with E-state index in [0.29, 0.717) is 11.3 Å². The van der Waals surface area contributed by atoms with Gasteiger partial charge >= 0.3 is 0 Å². The number of pyridine rings is 1. The molecule has 1 heterocycles. The summed E-state index contributed by atoms with van der Waals surface area (Å²) in [5.41, 5.74) is 2.11. The molecule has 3 aromatic rings. The maximum Gasteiger partial charge on any atom is 0.261 e. The van der Waals surface area contributed by atoms with Gasteiger partial charge in [-0.05, 0) is 36.8 Å². The van der Waals surface area contributed by atoms with Gasteiger partial charge in [-0.2, -0.15) is 0 Å². The number of anilines is 1. The maximum atomic E-state index is 13.3. The number of amides is 1. The molecule has 1 amide bonds. The van der Waals surface area contributed by atoms with Gasteiger partial charge in [-0.3, -0.25) is 9.78 Å². The summed E-state index contributed by atoms with van der Waals surface area (Å²) in [6, 6.07) is 13.2. The van der Waals surface area contributed by atoms with Crippen molar-refractivity contribution in [2.24, 2.45) is 0 Å². The standard InChI is InChI=1S/C20H16ClFN2O2/c1-13-5-3-4-6-18(13)24(2)20(25)15-9-10-23-12-19(15)26-14-7-8-17(22)16(21)11-14/h3-12H,1-2H3. The van der Waals surface area contributed by atoms with Crippen molar-refractivity contribution in [3.8, 4) is 11.5 Å². The van der Waals surface area contributed by atoms with Crippen LogP contribution in [0.1, 0.15) is 15.9 Å². The van der Waals surface area contributed by atoms with Crippen LogP contribution >= 0.6 is 11.6 Å². The van der Waals surface area contributed by atoms with E-state index < -0.39 is 5.82 Å². The predicted molar refractivity (Wildman–Crippen MR) is 99.6 cm³/mol. The van der Waals surface area contributed by atoms with Gasteiger partial charge in [0.05, 0.1) is 16.8 Å². The molecule has 0 aliphatic heterocycles. The molecule has 0 unspecified atom stereocenters. The van der Waals surface area contributed by atoms with Crippen LogP contribution in [0.15, 0.2) is 60.9 Å². The molecule has 0 saturated carbocycles. The van der Waals surface area contributed by atoms with Gasteiger partial charge in [-0.1, -0.05) is 29.8 Å². The molecular formula is C20H16ClFN2O2. The molecule has 0 N–H and O–H groups in total. The first-order valence-electron chi connectivity index (χ1n) is 7.88. The number of carbonyl (C=O) groups is 1. The van der Waals surface area contributed by atoms with Crippen LogP contribution in [0.25, 0.3) is 0 Å². The minimum atomic E-state index is -0.541. The number of halogens is 2. The zero-order valence-electron chi connectivity index (χ0n) is 14.2. The Morgan fingerprint density at radius 2 is 1.96 bits per heavy atom. The number of hydrogen-bond donors (Lipinski definition) is 0. The molecule has 26 heavy (non-hydrogen) atoms. The highest BCUT2D eigenvalue weighted by molar-refractivity contribution is 6.30. The van der Waals surface area contributed by atoms with Crippen molar-refractivity contribution in [1.29, 1.82) is 0 Å². The molecule has 0 aliphatic carbocycles. The van der Waals surface area contributed by atoms with Gasteiger partial charge in [0.15, 0.2) is 5.75 Å². The number of benzene rings is 2. The normalized spacial score (nSPS) is 10.5. The second kappa shape index (κ2) is 7.54. The predicted octanol–water partition coefficient (Wildman–Crippen LogP) is 5.25. The molecule has 4 nitrogen and oxygen atoms in total. The minimum absolute atomic E-state index is 0.0590. The van der Waals surface area contributed by atoms with Gasteiger partial charge in [0.25, 0.3) is 5.91 Å². The quantitative estimate of drug-likeness (QED) is 0.629. The van der Waals surface area contributed by atoms with Crippen molar-refractivity contribution in [2.75, 3.05) is 11.9 Å². The second-order valence-corrected chi connectivity index (χ2v) is 6.11. The number of para-hydroxylation sites is 1. The van der Waals surface area contributed by atoms with E-state index in [0.717, 1.165) is 11.3 Å². The maximum absolute atomic E-state index is 13.3. The number of aryl methyl sites for hydroxylation is 1. The Labute approximate surface area is 155 Å². The Bertz CT molecular complexity index is 962. The van der Waals surface area contributed by atoms with Gasteiger partial charge in [-0.15, -0.1) is 0 Å². The van der Waals surface area contributed by atoms with Crippen LogP contribution in [0.3, 0.4) is 0 Å². The first-order valence-corrected chi connectivity index (χ1v) is 8.26. The van der Waals surface area contributed by atoms with E-state index in [1.165, 1.54) is 30.6 Å². The van der Waals surface area contributed by atoms with Crippen molar-refractivity contribution < 1.29 is 13.9 Å². The number of carbonyl (C=O) groups excluding carboxylic acids is 1. The van der Waals surface area contributed by atoms with Crippen molar-refractivity contribution in [3.63, 3.8) is 0 Å². The van der Waals surface area contributed by atoms with Crippen LogP contribution in [0.2, 0.25) is 5.02 Å². The van der Waals surface area contributed by atoms with Crippen molar-refractivity contribution >= 4 is 23.2 Å². The third-order valence-corrected chi connectivity index (χ3v) is 4.20. The smallest absolute Gasteiger partial charge is 0.261 e. The highest BCUT2D eigenvalue weighted by atomic mass is 35.5. The number of nitrogens with zero attached hydrogens (tertiary/aromatic N) is 2. The molecule has 0 fully saturated rings. The van der Waals surface area contributed by atoms with E-state index in [2.05, 4.69) is 4.98 Å². The van der Waals surface area contributed by atoms with Crippen molar-refractivity contribution in [1.82, 2.24) is 4.98 Å². The summed E-state index contributed by atoms with van der Waals surface area (Å²) in [5, 5.41) is -0.0590. The summed E-state index contributed by atoms with van der Waals surface area (Å²) in [5.74, 6) is -0.205. The fourth-order valence-electron chi connectivity index (χ4n) is 2.54. The summed E-state index contributed by atoms with van der Waals surface area (Å²) >= 11 is 5.78. The lowest BCUT2D eigenvalue weighted by Gasteiger charge is -2.20. The summed E-state index contributed by atoms with van der Waals surface area (Å²) in [7, 11) is 1.70. The molecule has 0 radical (unpaired) electrons. The van der Waals surface area contributed by atoms with Gasteiger partial charge < -0.3 is 9.64 Å². The lowest BCUT2D eigenvalue weighted by molar-refractivity contribution is 0.0990. The molecule has 0 atom stereocenters. The highest BCUT2D eigenvalue weighted by Gasteiger charge is 2.20. The van der Waals surface area contributed by atoms with E-state index in [1.54, 1.807) is 18.0 Å². The van der Waals surface area contributed by atoms with E-state index in [4.69, 9.17) is 16.3 Å². The summed E-state index contributed by atoms with van der Waals surface area (Å²) in [6.45, 7) is 1.93. The topological polar surface area (TPSA) is 42.4 Å². The SMILES string of the molecule is Cc1ccccc1N(C)C(=O)c1ccncc1Oc1ccc(F)c(Cl)c1. The van der Waals surface area contributed by atoms with Gasteiger partial charge in [0.2, 0.25) is 0 Å². The van der Waals surface area contributed by atoms with Crippen LogP contribution in [0, 0.1) is 12.7 Å². The van der Waals surface area contributed by atoms with Crippen LogP contribution in [-0.4, -0.2) is 17.9 Å². The Kier molecular flexibility index (Phi) is 5.19. The monoisotopic (exact) mass is 370 g/mol. The number of rotatable bonds is 4. The Morgan fingerprint density at radius 3 is 2.69 bits per heavy atom. The summed E-state index contributed by atoms with van der Waals surface area (Å²) in [4.78, 5) is 18.5. The van der Waals surface area contributed by atoms with Crippen LogP contribution in [-0.2, 0) is 0 Å². The molecule has 3 rings (SSSR count).